The highest BCUT2D eigenvalue weighted by atomic mass is 32.2. The standard InChI is InChI=1S/C11H22N4O2S/c1-15(2)11(17)14-4-3-13-10(16)7-9-8-18-6-5-12-9/h9,12H,3-8H2,1-2H3,(H,13,16)(H,14,17). The Morgan fingerprint density at radius 1 is 1.33 bits per heavy atom. The zero-order valence-electron chi connectivity index (χ0n) is 11.0. The molecule has 0 radical (unpaired) electrons. The molecule has 0 saturated carbocycles. The second kappa shape index (κ2) is 8.20. The molecule has 3 N–H and O–H groups in total. The van der Waals surface area contributed by atoms with Gasteiger partial charge in [0.1, 0.15) is 0 Å². The molecule has 1 saturated heterocycles. The van der Waals surface area contributed by atoms with Crippen LogP contribution in [0.4, 0.5) is 4.79 Å². The largest absolute Gasteiger partial charge is 0.354 e. The highest BCUT2D eigenvalue weighted by Gasteiger charge is 2.16. The van der Waals surface area contributed by atoms with Crippen LogP contribution in [0.5, 0.6) is 0 Å². The normalized spacial score (nSPS) is 19.1. The van der Waals surface area contributed by atoms with Crippen LogP contribution in [0.2, 0.25) is 0 Å². The number of rotatable bonds is 5. The van der Waals surface area contributed by atoms with E-state index in [0.29, 0.717) is 19.5 Å². The van der Waals surface area contributed by atoms with E-state index in [-0.39, 0.29) is 18.0 Å². The number of hydrogen-bond donors (Lipinski definition) is 3. The minimum atomic E-state index is -0.144. The number of carbonyl (C=O) groups is 2. The van der Waals surface area contributed by atoms with Gasteiger partial charge in [0, 0.05) is 57.7 Å². The Bertz CT molecular complexity index is 280. The molecule has 0 aliphatic carbocycles. The van der Waals surface area contributed by atoms with Crippen LogP contribution in [0.15, 0.2) is 0 Å². The summed E-state index contributed by atoms with van der Waals surface area (Å²) < 4.78 is 0. The maximum atomic E-state index is 11.6. The van der Waals surface area contributed by atoms with Crippen LogP contribution in [-0.2, 0) is 4.79 Å². The average molecular weight is 274 g/mol. The van der Waals surface area contributed by atoms with Gasteiger partial charge in [-0.15, -0.1) is 0 Å². The summed E-state index contributed by atoms with van der Waals surface area (Å²) in [5.74, 6) is 2.15. The molecule has 0 aromatic carbocycles. The molecule has 0 aromatic rings. The number of urea groups is 1. The lowest BCUT2D eigenvalue weighted by Crippen LogP contribution is -2.43. The van der Waals surface area contributed by atoms with Crippen molar-refractivity contribution in [1.29, 1.82) is 0 Å². The number of amides is 3. The van der Waals surface area contributed by atoms with Crippen molar-refractivity contribution in [2.75, 3.05) is 45.2 Å². The van der Waals surface area contributed by atoms with Crippen molar-refractivity contribution in [3.05, 3.63) is 0 Å². The van der Waals surface area contributed by atoms with E-state index in [2.05, 4.69) is 16.0 Å². The fourth-order valence-electron chi connectivity index (χ4n) is 1.58. The zero-order chi connectivity index (χ0) is 13.4. The van der Waals surface area contributed by atoms with Crippen molar-refractivity contribution in [3.63, 3.8) is 0 Å². The molecule has 0 bridgehead atoms. The second-order valence-electron chi connectivity index (χ2n) is 4.41. The van der Waals surface area contributed by atoms with Crippen molar-refractivity contribution < 1.29 is 9.59 Å². The van der Waals surface area contributed by atoms with Crippen LogP contribution in [-0.4, -0.2) is 68.1 Å². The van der Waals surface area contributed by atoms with Gasteiger partial charge in [0.05, 0.1) is 0 Å². The third kappa shape index (κ3) is 6.11. The van der Waals surface area contributed by atoms with Crippen molar-refractivity contribution in [1.82, 2.24) is 20.9 Å². The van der Waals surface area contributed by atoms with E-state index in [9.17, 15) is 9.59 Å². The minimum absolute atomic E-state index is 0.0362. The van der Waals surface area contributed by atoms with E-state index in [1.54, 1.807) is 14.1 Å². The van der Waals surface area contributed by atoms with Crippen molar-refractivity contribution in [3.8, 4) is 0 Å². The Labute approximate surface area is 112 Å². The molecule has 1 aliphatic heterocycles. The quantitative estimate of drug-likeness (QED) is 0.589. The summed E-state index contributed by atoms with van der Waals surface area (Å²) in [6.45, 7) is 1.90. The lowest BCUT2D eigenvalue weighted by atomic mass is 10.2. The van der Waals surface area contributed by atoms with E-state index in [1.807, 2.05) is 11.8 Å². The van der Waals surface area contributed by atoms with Gasteiger partial charge in [-0.05, 0) is 0 Å². The molecule has 6 nitrogen and oxygen atoms in total. The molecule has 1 fully saturated rings. The fourth-order valence-corrected chi connectivity index (χ4v) is 2.53. The molecular weight excluding hydrogens is 252 g/mol. The first-order valence-electron chi connectivity index (χ1n) is 6.12. The van der Waals surface area contributed by atoms with E-state index in [1.165, 1.54) is 4.90 Å². The summed E-state index contributed by atoms with van der Waals surface area (Å²) in [6, 6.07) is 0.134. The molecule has 1 unspecified atom stereocenters. The Balaban J connectivity index is 2.04. The summed E-state index contributed by atoms with van der Waals surface area (Å²) in [4.78, 5) is 24.3. The van der Waals surface area contributed by atoms with Crippen LogP contribution in [0.1, 0.15) is 6.42 Å². The van der Waals surface area contributed by atoms with Gasteiger partial charge in [-0.25, -0.2) is 4.79 Å². The first-order chi connectivity index (χ1) is 8.59. The first kappa shape index (κ1) is 15.1. The van der Waals surface area contributed by atoms with Gasteiger partial charge < -0.3 is 20.9 Å². The number of nitrogens with one attached hydrogen (secondary N) is 3. The highest BCUT2D eigenvalue weighted by molar-refractivity contribution is 7.99. The monoisotopic (exact) mass is 274 g/mol. The summed E-state index contributed by atoms with van der Waals surface area (Å²) >= 11 is 1.88. The molecule has 1 heterocycles. The van der Waals surface area contributed by atoms with Gasteiger partial charge in [0.15, 0.2) is 0 Å². The maximum Gasteiger partial charge on any atom is 0.316 e. The van der Waals surface area contributed by atoms with E-state index < -0.39 is 0 Å². The molecule has 1 rings (SSSR count). The molecule has 1 atom stereocenters. The van der Waals surface area contributed by atoms with Crippen molar-refractivity contribution in [2.24, 2.45) is 0 Å². The molecule has 7 heteroatoms. The van der Waals surface area contributed by atoms with Gasteiger partial charge in [-0.3, -0.25) is 4.79 Å². The van der Waals surface area contributed by atoms with Gasteiger partial charge in [0.25, 0.3) is 0 Å². The lowest BCUT2D eigenvalue weighted by molar-refractivity contribution is -0.121. The van der Waals surface area contributed by atoms with E-state index >= 15 is 0 Å². The third-order valence-corrected chi connectivity index (χ3v) is 3.69. The van der Waals surface area contributed by atoms with Crippen LogP contribution in [0.3, 0.4) is 0 Å². The van der Waals surface area contributed by atoms with E-state index in [4.69, 9.17) is 0 Å². The summed E-state index contributed by atoms with van der Waals surface area (Å²) in [5, 5.41) is 8.81. The molecule has 18 heavy (non-hydrogen) atoms. The number of thioether (sulfide) groups is 1. The number of nitrogens with zero attached hydrogens (tertiary/aromatic N) is 1. The maximum absolute atomic E-state index is 11.6. The summed E-state index contributed by atoms with van der Waals surface area (Å²) in [5.41, 5.74) is 0. The predicted octanol–water partition coefficient (Wildman–Crippen LogP) is -0.531. The highest BCUT2D eigenvalue weighted by Crippen LogP contribution is 2.09. The van der Waals surface area contributed by atoms with E-state index in [0.717, 1.165) is 18.1 Å². The van der Waals surface area contributed by atoms with Crippen LogP contribution < -0.4 is 16.0 Å². The minimum Gasteiger partial charge on any atom is -0.354 e. The van der Waals surface area contributed by atoms with Gasteiger partial charge in [-0.1, -0.05) is 0 Å². The summed E-state index contributed by atoms with van der Waals surface area (Å²) in [7, 11) is 3.36. The first-order valence-corrected chi connectivity index (χ1v) is 7.28. The molecular formula is C11H22N4O2S. The third-order valence-electron chi connectivity index (χ3n) is 2.56. The molecule has 104 valence electrons. The average Bonchev–Trinajstić information content (AvgIpc) is 2.35. The lowest BCUT2D eigenvalue weighted by Gasteiger charge is -2.22. The van der Waals surface area contributed by atoms with Crippen LogP contribution >= 0.6 is 11.8 Å². The van der Waals surface area contributed by atoms with Gasteiger partial charge >= 0.3 is 6.03 Å². The zero-order valence-corrected chi connectivity index (χ0v) is 11.8. The molecule has 1 aliphatic rings. The van der Waals surface area contributed by atoms with Crippen molar-refractivity contribution in [2.45, 2.75) is 12.5 Å². The van der Waals surface area contributed by atoms with Crippen LogP contribution in [0.25, 0.3) is 0 Å². The summed E-state index contributed by atoms with van der Waals surface area (Å²) in [6.07, 6.45) is 0.509. The van der Waals surface area contributed by atoms with Crippen LogP contribution in [0, 0.1) is 0 Å². The van der Waals surface area contributed by atoms with Gasteiger partial charge in [-0.2, -0.15) is 11.8 Å². The fraction of sp³-hybridized carbons (Fsp3) is 0.818. The number of hydrogen-bond acceptors (Lipinski definition) is 4. The molecule has 0 aromatic heterocycles. The predicted molar refractivity (Wildman–Crippen MR) is 73.8 cm³/mol. The topological polar surface area (TPSA) is 73.5 Å². The molecule has 0 spiro atoms. The van der Waals surface area contributed by atoms with Crippen molar-refractivity contribution >= 4 is 23.7 Å². The second-order valence-corrected chi connectivity index (χ2v) is 5.56. The van der Waals surface area contributed by atoms with Gasteiger partial charge in [0.2, 0.25) is 5.91 Å². The molecule has 3 amide bonds. The Morgan fingerprint density at radius 2 is 2.06 bits per heavy atom. The smallest absolute Gasteiger partial charge is 0.316 e. The number of carbonyl (C=O) groups excluding carboxylic acids is 2. The Morgan fingerprint density at radius 3 is 2.67 bits per heavy atom. The Hall–Kier alpha value is -0.950. The SMILES string of the molecule is CN(C)C(=O)NCCNC(=O)CC1CSCCN1. The Kier molecular flexibility index (Phi) is 6.89.